The number of nitrogens with two attached hydrogens (primary N) is 1. The zero-order valence-electron chi connectivity index (χ0n) is 16.6. The molecule has 3 amide bonds. The maximum Gasteiger partial charge on any atom is 0.255 e. The van der Waals surface area contributed by atoms with Crippen LogP contribution in [-0.2, 0) is 4.79 Å². The van der Waals surface area contributed by atoms with E-state index in [1.807, 2.05) is 6.07 Å². The van der Waals surface area contributed by atoms with Crippen molar-refractivity contribution in [3.63, 3.8) is 0 Å². The molecule has 1 atom stereocenters. The molecule has 0 bridgehead atoms. The molecule has 0 heterocycles. The van der Waals surface area contributed by atoms with Crippen molar-refractivity contribution in [2.45, 2.75) is 17.1 Å². The summed E-state index contributed by atoms with van der Waals surface area (Å²) in [5.41, 5.74) is 7.03. The topological polar surface area (TPSA) is 101 Å². The third kappa shape index (κ3) is 6.16. The van der Waals surface area contributed by atoms with Gasteiger partial charge in [0.15, 0.2) is 0 Å². The number of carbonyl (C=O) groups excluding carboxylic acids is 3. The van der Waals surface area contributed by atoms with Crippen LogP contribution in [0.25, 0.3) is 0 Å². The molecule has 0 aromatic heterocycles. The van der Waals surface area contributed by atoms with Gasteiger partial charge in [0.1, 0.15) is 5.82 Å². The van der Waals surface area contributed by atoms with E-state index in [0.29, 0.717) is 22.5 Å². The lowest BCUT2D eigenvalue weighted by atomic mass is 10.2. The Hall–Kier alpha value is -3.65. The quantitative estimate of drug-likeness (QED) is 0.480. The number of carbonyl (C=O) groups is 3. The number of amides is 3. The van der Waals surface area contributed by atoms with Crippen LogP contribution in [0.1, 0.15) is 27.6 Å². The van der Waals surface area contributed by atoms with Gasteiger partial charge in [-0.1, -0.05) is 6.07 Å². The van der Waals surface area contributed by atoms with E-state index in [1.54, 1.807) is 49.4 Å². The molecule has 3 aromatic rings. The number of rotatable bonds is 7. The summed E-state index contributed by atoms with van der Waals surface area (Å²) in [6.45, 7) is 1.77. The van der Waals surface area contributed by atoms with Gasteiger partial charge in [0, 0.05) is 27.4 Å². The molecule has 0 aliphatic carbocycles. The van der Waals surface area contributed by atoms with Gasteiger partial charge in [-0.2, -0.15) is 0 Å². The van der Waals surface area contributed by atoms with E-state index in [0.717, 1.165) is 4.90 Å². The zero-order chi connectivity index (χ0) is 22.4. The van der Waals surface area contributed by atoms with Crippen molar-refractivity contribution >= 4 is 40.9 Å². The third-order valence-electron chi connectivity index (χ3n) is 4.32. The molecule has 3 aromatic carbocycles. The largest absolute Gasteiger partial charge is 0.366 e. The van der Waals surface area contributed by atoms with Gasteiger partial charge in [-0.25, -0.2) is 4.39 Å². The van der Waals surface area contributed by atoms with Gasteiger partial charge in [0.05, 0.1) is 5.25 Å². The number of primary amides is 1. The van der Waals surface area contributed by atoms with Crippen LogP contribution >= 0.6 is 11.8 Å². The van der Waals surface area contributed by atoms with E-state index in [1.165, 1.54) is 36.0 Å². The van der Waals surface area contributed by atoms with Crippen LogP contribution in [0.5, 0.6) is 0 Å². The van der Waals surface area contributed by atoms with E-state index in [4.69, 9.17) is 5.73 Å². The highest BCUT2D eigenvalue weighted by Crippen LogP contribution is 2.27. The Kier molecular flexibility index (Phi) is 7.04. The van der Waals surface area contributed by atoms with Crippen molar-refractivity contribution in [1.82, 2.24) is 0 Å². The minimum absolute atomic E-state index is 0.211. The van der Waals surface area contributed by atoms with Crippen LogP contribution in [0.15, 0.2) is 77.7 Å². The van der Waals surface area contributed by atoms with Gasteiger partial charge in [-0.15, -0.1) is 11.8 Å². The summed E-state index contributed by atoms with van der Waals surface area (Å²) in [4.78, 5) is 36.7. The molecule has 31 heavy (non-hydrogen) atoms. The monoisotopic (exact) mass is 437 g/mol. The molecule has 1 unspecified atom stereocenters. The number of thioether (sulfide) groups is 1. The second-order valence-corrected chi connectivity index (χ2v) is 8.09. The molecular formula is C23H20FN3O3S. The first-order valence-electron chi connectivity index (χ1n) is 9.36. The van der Waals surface area contributed by atoms with Gasteiger partial charge >= 0.3 is 0 Å². The van der Waals surface area contributed by atoms with Crippen LogP contribution in [0.4, 0.5) is 15.8 Å². The molecule has 0 aliphatic heterocycles. The average molecular weight is 437 g/mol. The summed E-state index contributed by atoms with van der Waals surface area (Å²) in [5.74, 6) is -1.51. The Labute approximate surface area is 183 Å². The summed E-state index contributed by atoms with van der Waals surface area (Å²) in [6.07, 6.45) is 0. The van der Waals surface area contributed by atoms with E-state index < -0.39 is 17.0 Å². The molecule has 0 radical (unpaired) electrons. The van der Waals surface area contributed by atoms with Crippen molar-refractivity contribution in [2.24, 2.45) is 5.73 Å². The van der Waals surface area contributed by atoms with Crippen LogP contribution in [0, 0.1) is 5.82 Å². The summed E-state index contributed by atoms with van der Waals surface area (Å²) < 4.78 is 13.0. The van der Waals surface area contributed by atoms with E-state index >= 15 is 0 Å². The summed E-state index contributed by atoms with van der Waals surface area (Å²) in [7, 11) is 0. The minimum Gasteiger partial charge on any atom is -0.366 e. The number of nitrogens with one attached hydrogen (secondary N) is 2. The fourth-order valence-electron chi connectivity index (χ4n) is 2.67. The molecule has 158 valence electrons. The highest BCUT2D eigenvalue weighted by atomic mass is 32.2. The summed E-state index contributed by atoms with van der Waals surface area (Å²) in [6, 6.07) is 18.7. The molecule has 4 N–H and O–H groups in total. The lowest BCUT2D eigenvalue weighted by molar-refractivity contribution is -0.115. The number of benzene rings is 3. The third-order valence-corrected chi connectivity index (χ3v) is 5.41. The first-order chi connectivity index (χ1) is 14.8. The normalized spacial score (nSPS) is 11.4. The fraction of sp³-hybridized carbons (Fsp3) is 0.0870. The second-order valence-electron chi connectivity index (χ2n) is 6.68. The molecule has 0 fully saturated rings. The van der Waals surface area contributed by atoms with Gasteiger partial charge in [0.2, 0.25) is 11.8 Å². The van der Waals surface area contributed by atoms with Crippen molar-refractivity contribution < 1.29 is 18.8 Å². The molecule has 8 heteroatoms. The SMILES string of the molecule is CC(Sc1cccc(NC(=O)c2ccc(F)cc2)c1)C(=O)Nc1ccc(C(N)=O)cc1. The summed E-state index contributed by atoms with van der Waals surface area (Å²) in [5, 5.41) is 5.13. The van der Waals surface area contributed by atoms with Crippen LogP contribution in [0.3, 0.4) is 0 Å². The molecule has 0 saturated heterocycles. The predicted octanol–water partition coefficient (Wildman–Crippen LogP) is 4.30. The molecule has 0 aliphatic rings. The fourth-order valence-corrected chi connectivity index (χ4v) is 3.60. The van der Waals surface area contributed by atoms with Crippen LogP contribution < -0.4 is 16.4 Å². The van der Waals surface area contributed by atoms with Crippen molar-refractivity contribution in [1.29, 1.82) is 0 Å². The highest BCUT2D eigenvalue weighted by Gasteiger charge is 2.15. The van der Waals surface area contributed by atoms with E-state index in [-0.39, 0.29) is 11.8 Å². The molecule has 0 saturated carbocycles. The van der Waals surface area contributed by atoms with Gasteiger partial charge in [-0.3, -0.25) is 14.4 Å². The molecular weight excluding hydrogens is 417 g/mol. The van der Waals surface area contributed by atoms with Crippen molar-refractivity contribution in [2.75, 3.05) is 10.6 Å². The number of halogens is 1. The smallest absolute Gasteiger partial charge is 0.255 e. The Morgan fingerprint density at radius 2 is 1.52 bits per heavy atom. The first kappa shape index (κ1) is 22.0. The maximum atomic E-state index is 13.0. The molecule has 6 nitrogen and oxygen atoms in total. The Bertz CT molecular complexity index is 1100. The van der Waals surface area contributed by atoms with Crippen molar-refractivity contribution in [3.8, 4) is 0 Å². The van der Waals surface area contributed by atoms with Gasteiger partial charge in [0.25, 0.3) is 5.91 Å². The Morgan fingerprint density at radius 1 is 0.871 bits per heavy atom. The number of hydrogen-bond acceptors (Lipinski definition) is 4. The van der Waals surface area contributed by atoms with Gasteiger partial charge < -0.3 is 16.4 Å². The van der Waals surface area contributed by atoms with Crippen molar-refractivity contribution in [3.05, 3.63) is 89.7 Å². The first-order valence-corrected chi connectivity index (χ1v) is 10.2. The molecule has 0 spiro atoms. The standard InChI is InChI=1S/C23H20FN3O3S/c1-14(22(29)26-18-11-7-15(8-12-18)21(25)28)31-20-4-2-3-19(13-20)27-23(30)16-5-9-17(24)10-6-16/h2-14H,1H3,(H2,25,28)(H,26,29)(H,27,30). The zero-order valence-corrected chi connectivity index (χ0v) is 17.4. The molecule has 3 rings (SSSR count). The lowest BCUT2D eigenvalue weighted by Gasteiger charge is -2.13. The predicted molar refractivity (Wildman–Crippen MR) is 120 cm³/mol. The van der Waals surface area contributed by atoms with E-state index in [9.17, 15) is 18.8 Å². The van der Waals surface area contributed by atoms with Crippen LogP contribution in [0.2, 0.25) is 0 Å². The Morgan fingerprint density at radius 3 is 2.16 bits per heavy atom. The summed E-state index contributed by atoms with van der Waals surface area (Å²) >= 11 is 1.33. The number of anilines is 2. The van der Waals surface area contributed by atoms with Gasteiger partial charge in [-0.05, 0) is 73.7 Å². The minimum atomic E-state index is -0.534. The Balaban J connectivity index is 1.60. The van der Waals surface area contributed by atoms with E-state index in [2.05, 4.69) is 10.6 Å². The van der Waals surface area contributed by atoms with Crippen LogP contribution in [-0.4, -0.2) is 23.0 Å². The lowest BCUT2D eigenvalue weighted by Crippen LogP contribution is -2.22. The second kappa shape index (κ2) is 9.90. The number of hydrogen-bond donors (Lipinski definition) is 3. The average Bonchev–Trinajstić information content (AvgIpc) is 2.74. The highest BCUT2D eigenvalue weighted by molar-refractivity contribution is 8.00. The maximum absolute atomic E-state index is 13.0.